The first-order valence-electron chi connectivity index (χ1n) is 14.6. The van der Waals surface area contributed by atoms with Crippen molar-refractivity contribution >= 4 is 57.3 Å². The van der Waals surface area contributed by atoms with Crippen molar-refractivity contribution in [2.75, 3.05) is 18.1 Å². The normalized spacial score (nSPS) is 16.8. The van der Waals surface area contributed by atoms with Crippen LogP contribution in [0.5, 0.6) is 17.2 Å². The molecule has 4 aromatic carbocycles. The standard InChI is InChI=1S/C35H26ClN3O6S2/c36-25-12-9-22(10-13-25)20-46-35-38-37-34(47-35)39-30(23-7-4-8-26(17-23)45-19-21-5-2-1-3-6-21)29(32(41)33(39)42)31(40)24-11-14-27-28(18-24)44-16-15-43-27/h1-14,17-18,30,40H,15-16,19-20H2/b31-29-. The van der Waals surface area contributed by atoms with Crippen LogP contribution in [0.15, 0.2) is 107 Å². The van der Waals surface area contributed by atoms with Crippen LogP contribution in [-0.4, -0.2) is 40.2 Å². The quantitative estimate of drug-likeness (QED) is 0.0556. The summed E-state index contributed by atoms with van der Waals surface area (Å²) in [6.45, 7) is 1.09. The molecule has 1 unspecified atom stereocenters. The second-order valence-electron chi connectivity index (χ2n) is 10.6. The fourth-order valence-corrected chi connectivity index (χ4v) is 7.24. The zero-order valence-electron chi connectivity index (χ0n) is 24.7. The number of nitrogens with zero attached hydrogens (tertiary/aromatic N) is 3. The van der Waals surface area contributed by atoms with Gasteiger partial charge in [0.25, 0.3) is 5.78 Å². The predicted molar refractivity (Wildman–Crippen MR) is 180 cm³/mol. The number of aliphatic hydroxyl groups excluding tert-OH is 1. The largest absolute Gasteiger partial charge is 0.507 e. The number of fused-ring (bicyclic) bond motifs is 1. The lowest BCUT2D eigenvalue weighted by molar-refractivity contribution is -0.132. The molecular formula is C35H26ClN3O6S2. The number of Topliss-reactive ketones (excluding diaryl/α,β-unsaturated/α-hetero) is 1. The molecule has 1 atom stereocenters. The van der Waals surface area contributed by atoms with Crippen LogP contribution in [0.2, 0.25) is 5.02 Å². The van der Waals surface area contributed by atoms with Crippen LogP contribution < -0.4 is 19.1 Å². The number of carbonyl (C=O) groups is 2. The molecule has 1 saturated heterocycles. The smallest absolute Gasteiger partial charge is 0.301 e. The molecule has 0 spiro atoms. The first-order valence-corrected chi connectivity index (χ1v) is 16.8. The van der Waals surface area contributed by atoms with Gasteiger partial charge >= 0.3 is 5.91 Å². The van der Waals surface area contributed by atoms with E-state index in [1.807, 2.05) is 54.6 Å². The van der Waals surface area contributed by atoms with Crippen LogP contribution in [0.3, 0.4) is 0 Å². The van der Waals surface area contributed by atoms with E-state index >= 15 is 0 Å². The second-order valence-corrected chi connectivity index (χ2v) is 13.3. The highest BCUT2D eigenvalue weighted by Crippen LogP contribution is 2.45. The molecule has 0 radical (unpaired) electrons. The average molecular weight is 684 g/mol. The lowest BCUT2D eigenvalue weighted by Crippen LogP contribution is -2.29. The zero-order chi connectivity index (χ0) is 32.3. The van der Waals surface area contributed by atoms with Crippen LogP contribution >= 0.6 is 34.7 Å². The summed E-state index contributed by atoms with van der Waals surface area (Å²) in [5, 5.41) is 21.2. The molecule has 1 fully saturated rings. The molecule has 12 heteroatoms. The molecule has 236 valence electrons. The fraction of sp³-hybridized carbons (Fsp3) is 0.143. The minimum atomic E-state index is -1.01. The van der Waals surface area contributed by atoms with E-state index in [2.05, 4.69) is 10.2 Å². The number of thioether (sulfide) groups is 1. The van der Waals surface area contributed by atoms with Gasteiger partial charge in [-0.15, -0.1) is 10.2 Å². The van der Waals surface area contributed by atoms with Gasteiger partial charge in [0.1, 0.15) is 31.3 Å². The SMILES string of the molecule is O=C1C(=O)N(c2nnc(SCc3ccc(Cl)cc3)s2)C(c2cccc(OCc3ccccc3)c2)/C1=C(/O)c1ccc2c(c1)OCCO2. The number of hydrogen-bond acceptors (Lipinski definition) is 10. The Morgan fingerprint density at radius 2 is 1.70 bits per heavy atom. The van der Waals surface area contributed by atoms with Crippen molar-refractivity contribution in [1.82, 2.24) is 10.2 Å². The molecular weight excluding hydrogens is 658 g/mol. The molecule has 0 aliphatic carbocycles. The Morgan fingerprint density at radius 3 is 2.51 bits per heavy atom. The van der Waals surface area contributed by atoms with Gasteiger partial charge in [0.2, 0.25) is 5.13 Å². The van der Waals surface area contributed by atoms with E-state index in [1.165, 1.54) is 28.0 Å². The minimum Gasteiger partial charge on any atom is -0.507 e. The summed E-state index contributed by atoms with van der Waals surface area (Å²) in [5.41, 5.74) is 2.81. The fourth-order valence-electron chi connectivity index (χ4n) is 5.29. The summed E-state index contributed by atoms with van der Waals surface area (Å²) >= 11 is 8.67. The number of aromatic nitrogens is 2. The highest BCUT2D eigenvalue weighted by molar-refractivity contribution is 8.00. The van der Waals surface area contributed by atoms with E-state index in [0.717, 1.165) is 11.1 Å². The van der Waals surface area contributed by atoms with Gasteiger partial charge in [0.15, 0.2) is 15.8 Å². The topological polar surface area (TPSA) is 111 Å². The molecule has 1 N–H and O–H groups in total. The van der Waals surface area contributed by atoms with Gasteiger partial charge in [-0.05, 0) is 59.2 Å². The van der Waals surface area contributed by atoms with E-state index < -0.39 is 17.7 Å². The Kier molecular flexibility index (Phi) is 8.84. The maximum absolute atomic E-state index is 13.8. The highest BCUT2D eigenvalue weighted by Gasteiger charge is 2.48. The summed E-state index contributed by atoms with van der Waals surface area (Å²) in [6, 6.07) is 28.3. The van der Waals surface area contributed by atoms with Gasteiger partial charge in [-0.2, -0.15) is 0 Å². The molecule has 0 bridgehead atoms. The van der Waals surface area contributed by atoms with Gasteiger partial charge < -0.3 is 19.3 Å². The Balaban J connectivity index is 1.25. The van der Waals surface area contributed by atoms with Gasteiger partial charge in [-0.25, -0.2) is 0 Å². The molecule has 0 saturated carbocycles. The van der Waals surface area contributed by atoms with E-state index in [9.17, 15) is 14.7 Å². The first-order chi connectivity index (χ1) is 22.9. The molecule has 7 rings (SSSR count). The molecule has 1 amide bonds. The van der Waals surface area contributed by atoms with Crippen LogP contribution in [0.1, 0.15) is 28.3 Å². The minimum absolute atomic E-state index is 0.0857. The van der Waals surface area contributed by atoms with Crippen molar-refractivity contribution in [2.24, 2.45) is 0 Å². The number of carbonyl (C=O) groups excluding carboxylic acids is 2. The molecule has 3 heterocycles. The molecule has 9 nitrogen and oxygen atoms in total. The number of halogens is 1. The number of amides is 1. The number of hydrogen-bond donors (Lipinski definition) is 1. The number of ether oxygens (including phenoxy) is 3. The zero-order valence-corrected chi connectivity index (χ0v) is 27.1. The van der Waals surface area contributed by atoms with Gasteiger partial charge in [0, 0.05) is 16.3 Å². The van der Waals surface area contributed by atoms with Gasteiger partial charge in [-0.1, -0.05) is 89.3 Å². The van der Waals surface area contributed by atoms with Gasteiger partial charge in [0.05, 0.1) is 11.6 Å². The predicted octanol–water partition coefficient (Wildman–Crippen LogP) is 7.46. The monoisotopic (exact) mass is 683 g/mol. The van der Waals surface area contributed by atoms with Crippen molar-refractivity contribution in [3.63, 3.8) is 0 Å². The third-order valence-electron chi connectivity index (χ3n) is 7.56. The third kappa shape index (κ3) is 6.55. The third-order valence-corrected chi connectivity index (χ3v) is 9.94. The van der Waals surface area contributed by atoms with E-state index in [0.29, 0.717) is 63.3 Å². The lowest BCUT2D eigenvalue weighted by Gasteiger charge is -2.23. The first kappa shape index (κ1) is 30.8. The van der Waals surface area contributed by atoms with Crippen molar-refractivity contribution < 1.29 is 28.9 Å². The Labute approximate surface area is 283 Å². The van der Waals surface area contributed by atoms with E-state index in [4.69, 9.17) is 25.8 Å². The number of aliphatic hydroxyl groups is 1. The Bertz CT molecular complexity index is 1980. The van der Waals surface area contributed by atoms with E-state index in [1.54, 1.807) is 42.5 Å². The van der Waals surface area contributed by atoms with E-state index in [-0.39, 0.29) is 16.5 Å². The van der Waals surface area contributed by atoms with Crippen LogP contribution in [0.4, 0.5) is 5.13 Å². The van der Waals surface area contributed by atoms with Crippen molar-refractivity contribution in [1.29, 1.82) is 0 Å². The number of rotatable bonds is 9. The highest BCUT2D eigenvalue weighted by atomic mass is 35.5. The van der Waals surface area contributed by atoms with Gasteiger partial charge in [-0.3, -0.25) is 14.5 Å². The number of anilines is 1. The van der Waals surface area contributed by atoms with Crippen LogP contribution in [0, 0.1) is 0 Å². The van der Waals surface area contributed by atoms with Crippen molar-refractivity contribution in [3.05, 3.63) is 130 Å². The molecule has 47 heavy (non-hydrogen) atoms. The lowest BCUT2D eigenvalue weighted by atomic mass is 9.95. The van der Waals surface area contributed by atoms with Crippen molar-refractivity contribution in [3.8, 4) is 17.2 Å². The molecule has 5 aromatic rings. The molecule has 2 aliphatic heterocycles. The summed E-state index contributed by atoms with van der Waals surface area (Å²) in [7, 11) is 0. The summed E-state index contributed by atoms with van der Waals surface area (Å²) < 4.78 is 18.0. The summed E-state index contributed by atoms with van der Waals surface area (Å²) in [4.78, 5) is 28.8. The number of benzene rings is 4. The molecule has 2 aliphatic rings. The maximum Gasteiger partial charge on any atom is 0.301 e. The van der Waals surface area contributed by atoms with Crippen molar-refractivity contribution in [2.45, 2.75) is 22.7 Å². The summed E-state index contributed by atoms with van der Waals surface area (Å²) in [6.07, 6.45) is 0. The average Bonchev–Trinajstić information content (AvgIpc) is 3.68. The second kappa shape index (κ2) is 13.5. The summed E-state index contributed by atoms with van der Waals surface area (Å²) in [5.74, 6) is 0.106. The van der Waals surface area contributed by atoms with Crippen LogP contribution in [0.25, 0.3) is 5.76 Å². The Hall–Kier alpha value is -4.84. The maximum atomic E-state index is 13.8. The molecule has 1 aromatic heterocycles. The number of ketones is 1. The van der Waals surface area contributed by atoms with Crippen LogP contribution in [-0.2, 0) is 21.9 Å². The Morgan fingerprint density at radius 1 is 0.915 bits per heavy atom.